The molecular formula is C20H15Cl2N5O3. The largest absolute Gasteiger partial charge is 0.326 e. The van der Waals surface area contributed by atoms with Gasteiger partial charge in [0.2, 0.25) is 17.8 Å². The zero-order valence-electron chi connectivity index (χ0n) is 15.3. The van der Waals surface area contributed by atoms with Crippen molar-refractivity contribution in [2.24, 2.45) is 0 Å². The highest BCUT2D eigenvalue weighted by Crippen LogP contribution is 2.30. The van der Waals surface area contributed by atoms with Crippen LogP contribution in [0.3, 0.4) is 0 Å². The molecule has 2 heterocycles. The fraction of sp³-hybridized carbons (Fsp3) is 0.100. The summed E-state index contributed by atoms with van der Waals surface area (Å²) in [4.78, 5) is 44.6. The third kappa shape index (κ3) is 4.29. The Kier molecular flexibility index (Phi) is 5.43. The van der Waals surface area contributed by atoms with Crippen molar-refractivity contribution in [3.05, 3.63) is 74.5 Å². The summed E-state index contributed by atoms with van der Waals surface area (Å²) >= 11 is 11.9. The Morgan fingerprint density at radius 3 is 2.40 bits per heavy atom. The second-order valence-electron chi connectivity index (χ2n) is 6.62. The SMILES string of the molecule is O=C1CC(C(=O)Nc2cccc(Cl)c2)c2c(nc(Nc3cccc(Cl)c3)[nH]c2=O)N1. The zero-order chi connectivity index (χ0) is 21.3. The number of carbonyl (C=O) groups excluding carboxylic acids is 2. The van der Waals surface area contributed by atoms with Crippen LogP contribution in [0.1, 0.15) is 17.9 Å². The number of hydrogen-bond acceptors (Lipinski definition) is 5. The molecule has 30 heavy (non-hydrogen) atoms. The first kappa shape index (κ1) is 19.9. The topological polar surface area (TPSA) is 116 Å². The van der Waals surface area contributed by atoms with Crippen LogP contribution in [-0.4, -0.2) is 21.8 Å². The summed E-state index contributed by atoms with van der Waals surface area (Å²) in [5, 5.41) is 9.13. The number of aromatic nitrogens is 2. The number of H-pyrrole nitrogens is 1. The number of halogens is 2. The Morgan fingerprint density at radius 1 is 1.03 bits per heavy atom. The number of anilines is 4. The Balaban J connectivity index is 1.64. The second kappa shape index (κ2) is 8.17. The van der Waals surface area contributed by atoms with Crippen LogP contribution in [-0.2, 0) is 9.59 Å². The molecule has 0 bridgehead atoms. The molecule has 1 aliphatic rings. The lowest BCUT2D eigenvalue weighted by molar-refractivity contribution is -0.123. The summed E-state index contributed by atoms with van der Waals surface area (Å²) in [7, 11) is 0. The Bertz CT molecular complexity index is 1210. The molecule has 0 fully saturated rings. The van der Waals surface area contributed by atoms with Gasteiger partial charge in [-0.1, -0.05) is 35.3 Å². The maximum Gasteiger partial charge on any atom is 0.258 e. The third-order valence-electron chi connectivity index (χ3n) is 4.45. The smallest absolute Gasteiger partial charge is 0.258 e. The van der Waals surface area contributed by atoms with E-state index in [0.717, 1.165) is 0 Å². The molecule has 0 aliphatic carbocycles. The van der Waals surface area contributed by atoms with E-state index in [1.807, 2.05) is 0 Å². The molecule has 152 valence electrons. The van der Waals surface area contributed by atoms with Gasteiger partial charge in [0, 0.05) is 27.8 Å². The standard InChI is InChI=1S/C20H15Cl2N5O3/c21-10-3-1-5-12(7-10)23-18(29)14-9-15(28)25-17-16(14)19(30)27-20(26-17)24-13-6-2-4-11(22)8-13/h1-8,14H,9H2,(H,23,29)(H3,24,25,26,27,28,30). The Morgan fingerprint density at radius 2 is 1.70 bits per heavy atom. The number of hydrogen-bond donors (Lipinski definition) is 4. The van der Waals surface area contributed by atoms with Crippen molar-refractivity contribution in [2.45, 2.75) is 12.3 Å². The number of nitrogens with one attached hydrogen (secondary N) is 4. The lowest BCUT2D eigenvalue weighted by Crippen LogP contribution is -2.36. The highest BCUT2D eigenvalue weighted by molar-refractivity contribution is 6.31. The van der Waals surface area contributed by atoms with E-state index < -0.39 is 23.3 Å². The third-order valence-corrected chi connectivity index (χ3v) is 4.92. The minimum absolute atomic E-state index is 0.0331. The van der Waals surface area contributed by atoms with Crippen molar-refractivity contribution in [3.63, 3.8) is 0 Å². The van der Waals surface area contributed by atoms with Gasteiger partial charge in [-0.2, -0.15) is 4.98 Å². The molecule has 1 unspecified atom stereocenters. The van der Waals surface area contributed by atoms with Crippen LogP contribution < -0.4 is 21.5 Å². The molecule has 4 rings (SSSR count). The number of rotatable bonds is 4. The monoisotopic (exact) mass is 443 g/mol. The molecule has 8 nitrogen and oxygen atoms in total. The summed E-state index contributed by atoms with van der Waals surface area (Å²) in [6.45, 7) is 0. The minimum Gasteiger partial charge on any atom is -0.326 e. The highest BCUT2D eigenvalue weighted by atomic mass is 35.5. The van der Waals surface area contributed by atoms with E-state index in [2.05, 4.69) is 25.9 Å². The van der Waals surface area contributed by atoms with Crippen molar-refractivity contribution < 1.29 is 9.59 Å². The first-order valence-corrected chi connectivity index (χ1v) is 9.68. The predicted molar refractivity (Wildman–Crippen MR) is 116 cm³/mol. The maximum absolute atomic E-state index is 12.8. The van der Waals surface area contributed by atoms with Crippen LogP contribution in [0, 0.1) is 0 Å². The van der Waals surface area contributed by atoms with Gasteiger partial charge in [0.05, 0.1) is 11.5 Å². The number of carbonyl (C=O) groups is 2. The Hall–Kier alpha value is -3.36. The number of amides is 2. The van der Waals surface area contributed by atoms with E-state index in [9.17, 15) is 14.4 Å². The number of benzene rings is 2. The number of aromatic amines is 1. The molecule has 2 aromatic carbocycles. The van der Waals surface area contributed by atoms with Gasteiger partial charge in [-0.15, -0.1) is 0 Å². The quantitative estimate of drug-likeness (QED) is 0.488. The molecule has 4 N–H and O–H groups in total. The zero-order valence-corrected chi connectivity index (χ0v) is 16.8. The maximum atomic E-state index is 12.8. The predicted octanol–water partition coefficient (Wildman–Crippen LogP) is 3.88. The van der Waals surface area contributed by atoms with Gasteiger partial charge >= 0.3 is 0 Å². The molecule has 1 aliphatic heterocycles. The van der Waals surface area contributed by atoms with Crippen molar-refractivity contribution in [1.82, 2.24) is 9.97 Å². The molecule has 0 saturated heterocycles. The molecular weight excluding hydrogens is 429 g/mol. The van der Waals surface area contributed by atoms with Crippen molar-refractivity contribution >= 4 is 58.2 Å². The molecule has 0 spiro atoms. The summed E-state index contributed by atoms with van der Waals surface area (Å²) in [5.74, 6) is -1.77. The van der Waals surface area contributed by atoms with Crippen LogP contribution in [0.2, 0.25) is 10.0 Å². The van der Waals surface area contributed by atoms with Gasteiger partial charge < -0.3 is 16.0 Å². The van der Waals surface area contributed by atoms with Crippen LogP contribution >= 0.6 is 23.2 Å². The van der Waals surface area contributed by atoms with E-state index in [1.165, 1.54) is 0 Å². The van der Waals surface area contributed by atoms with Gasteiger partial charge in [-0.25, -0.2) is 0 Å². The van der Waals surface area contributed by atoms with Crippen molar-refractivity contribution in [2.75, 3.05) is 16.0 Å². The fourth-order valence-electron chi connectivity index (χ4n) is 3.15. The molecule has 1 atom stereocenters. The van der Waals surface area contributed by atoms with Crippen LogP contribution in [0.25, 0.3) is 0 Å². The molecule has 0 saturated carbocycles. The summed E-state index contributed by atoms with van der Waals surface area (Å²) in [6.07, 6.45) is -0.175. The first-order chi connectivity index (χ1) is 14.4. The molecule has 1 aromatic heterocycles. The van der Waals surface area contributed by atoms with E-state index in [1.54, 1.807) is 48.5 Å². The van der Waals surface area contributed by atoms with Crippen LogP contribution in [0.15, 0.2) is 53.3 Å². The summed E-state index contributed by atoms with van der Waals surface area (Å²) in [6, 6.07) is 13.4. The number of nitrogens with zero attached hydrogens (tertiary/aromatic N) is 1. The van der Waals surface area contributed by atoms with Crippen molar-refractivity contribution in [3.8, 4) is 0 Å². The normalized spacial score (nSPS) is 15.1. The summed E-state index contributed by atoms with van der Waals surface area (Å²) < 4.78 is 0. The van der Waals surface area contributed by atoms with E-state index in [4.69, 9.17) is 23.2 Å². The summed E-state index contributed by atoms with van der Waals surface area (Å²) in [5.41, 5.74) is 0.619. The Labute approximate surface area is 180 Å². The number of fused-ring (bicyclic) bond motifs is 1. The minimum atomic E-state index is -0.996. The van der Waals surface area contributed by atoms with Gasteiger partial charge in [0.15, 0.2) is 0 Å². The molecule has 2 amide bonds. The van der Waals surface area contributed by atoms with Gasteiger partial charge in [0.25, 0.3) is 5.56 Å². The van der Waals surface area contributed by atoms with E-state index in [-0.39, 0.29) is 23.8 Å². The fourth-order valence-corrected chi connectivity index (χ4v) is 3.53. The van der Waals surface area contributed by atoms with E-state index in [0.29, 0.717) is 21.4 Å². The second-order valence-corrected chi connectivity index (χ2v) is 7.49. The molecule has 3 aromatic rings. The van der Waals surface area contributed by atoms with Crippen LogP contribution in [0.5, 0.6) is 0 Å². The van der Waals surface area contributed by atoms with Crippen molar-refractivity contribution in [1.29, 1.82) is 0 Å². The highest BCUT2D eigenvalue weighted by Gasteiger charge is 2.34. The van der Waals surface area contributed by atoms with E-state index >= 15 is 0 Å². The molecule has 0 radical (unpaired) electrons. The first-order valence-electron chi connectivity index (χ1n) is 8.92. The van der Waals surface area contributed by atoms with Gasteiger partial charge in [-0.3, -0.25) is 19.4 Å². The molecule has 10 heteroatoms. The average Bonchev–Trinajstić information content (AvgIpc) is 2.67. The lowest BCUT2D eigenvalue weighted by Gasteiger charge is -2.23. The van der Waals surface area contributed by atoms with Gasteiger partial charge in [0.1, 0.15) is 5.82 Å². The lowest BCUT2D eigenvalue weighted by atomic mass is 9.92. The average molecular weight is 444 g/mol. The van der Waals surface area contributed by atoms with Crippen LogP contribution in [0.4, 0.5) is 23.1 Å². The van der Waals surface area contributed by atoms with Gasteiger partial charge in [-0.05, 0) is 36.4 Å².